The Morgan fingerprint density at radius 3 is 2.61 bits per heavy atom. The first-order valence-electron chi connectivity index (χ1n) is 7.99. The first-order valence-corrected chi connectivity index (χ1v) is 7.99. The van der Waals surface area contributed by atoms with E-state index in [9.17, 15) is 0 Å². The number of rotatable bonds is 2. The van der Waals surface area contributed by atoms with Crippen LogP contribution in [0.2, 0.25) is 0 Å². The summed E-state index contributed by atoms with van der Waals surface area (Å²) in [5.41, 5.74) is 4.26. The lowest BCUT2D eigenvalue weighted by molar-refractivity contribution is 1.02. The van der Waals surface area contributed by atoms with Crippen LogP contribution < -0.4 is 0 Å². The van der Waals surface area contributed by atoms with Crippen molar-refractivity contribution in [3.63, 3.8) is 0 Å². The summed E-state index contributed by atoms with van der Waals surface area (Å²) in [6.45, 7) is 0. The highest BCUT2D eigenvalue weighted by Crippen LogP contribution is 2.41. The average molecular weight is 297 g/mol. The SMILES string of the molecule is c1ccc2c(-c3cc4ncnc(C5CC5)c4cn3)cccc2c1. The Kier molecular flexibility index (Phi) is 2.68. The molecule has 2 aromatic heterocycles. The molecule has 0 aliphatic heterocycles. The van der Waals surface area contributed by atoms with E-state index in [-0.39, 0.29) is 0 Å². The molecular weight excluding hydrogens is 282 g/mol. The molecule has 0 saturated heterocycles. The first kappa shape index (κ1) is 12.7. The zero-order valence-corrected chi connectivity index (χ0v) is 12.6. The summed E-state index contributed by atoms with van der Waals surface area (Å²) in [5, 5.41) is 3.55. The molecule has 2 heterocycles. The van der Waals surface area contributed by atoms with E-state index in [0.29, 0.717) is 5.92 Å². The van der Waals surface area contributed by atoms with Gasteiger partial charge in [0.15, 0.2) is 0 Å². The molecule has 2 aromatic carbocycles. The Balaban J connectivity index is 1.74. The Hall–Kier alpha value is -2.81. The second-order valence-corrected chi connectivity index (χ2v) is 6.15. The zero-order chi connectivity index (χ0) is 15.2. The summed E-state index contributed by atoms with van der Waals surface area (Å²) < 4.78 is 0. The highest BCUT2D eigenvalue weighted by molar-refractivity contribution is 5.97. The molecule has 3 nitrogen and oxygen atoms in total. The van der Waals surface area contributed by atoms with E-state index in [2.05, 4.69) is 58.5 Å². The van der Waals surface area contributed by atoms with Crippen LogP contribution in [0.4, 0.5) is 0 Å². The molecule has 0 unspecified atom stereocenters. The standard InChI is InChI=1S/C20H15N3/c1-2-6-15-13(4-1)5-3-7-16(15)18-10-19-17(11-21-18)20(14-8-9-14)23-12-22-19/h1-7,10-12,14H,8-9H2. The van der Waals surface area contributed by atoms with Crippen molar-refractivity contribution < 1.29 is 0 Å². The van der Waals surface area contributed by atoms with Gasteiger partial charge in [-0.2, -0.15) is 0 Å². The maximum atomic E-state index is 4.72. The van der Waals surface area contributed by atoms with Crippen molar-refractivity contribution in [2.24, 2.45) is 0 Å². The van der Waals surface area contributed by atoms with Gasteiger partial charge in [-0.15, -0.1) is 0 Å². The number of fused-ring (bicyclic) bond motifs is 2. The summed E-state index contributed by atoms with van der Waals surface area (Å²) in [5.74, 6) is 0.603. The highest BCUT2D eigenvalue weighted by atomic mass is 14.9. The summed E-state index contributed by atoms with van der Waals surface area (Å²) in [6, 6.07) is 16.8. The van der Waals surface area contributed by atoms with E-state index in [1.807, 2.05) is 6.20 Å². The van der Waals surface area contributed by atoms with Crippen LogP contribution in [0.25, 0.3) is 32.9 Å². The molecule has 0 amide bonds. The van der Waals surface area contributed by atoms with Gasteiger partial charge in [-0.3, -0.25) is 4.98 Å². The van der Waals surface area contributed by atoms with Crippen LogP contribution in [0.3, 0.4) is 0 Å². The summed E-state index contributed by atoms with van der Waals surface area (Å²) >= 11 is 0. The molecule has 1 aliphatic rings. The number of nitrogens with zero attached hydrogens (tertiary/aromatic N) is 3. The third-order valence-corrected chi connectivity index (χ3v) is 4.58. The van der Waals surface area contributed by atoms with Crippen molar-refractivity contribution in [1.82, 2.24) is 15.0 Å². The number of aromatic nitrogens is 3. The Morgan fingerprint density at radius 1 is 0.826 bits per heavy atom. The van der Waals surface area contributed by atoms with Gasteiger partial charge in [0.1, 0.15) is 6.33 Å². The van der Waals surface area contributed by atoms with Gasteiger partial charge in [0.2, 0.25) is 0 Å². The van der Waals surface area contributed by atoms with Crippen molar-refractivity contribution in [1.29, 1.82) is 0 Å². The Bertz CT molecular complexity index is 1030. The fourth-order valence-electron chi connectivity index (χ4n) is 3.25. The number of hydrogen-bond donors (Lipinski definition) is 0. The van der Waals surface area contributed by atoms with E-state index < -0.39 is 0 Å². The van der Waals surface area contributed by atoms with Gasteiger partial charge in [0.05, 0.1) is 16.9 Å². The predicted octanol–water partition coefficient (Wildman–Crippen LogP) is 4.72. The predicted molar refractivity (Wildman–Crippen MR) is 92.3 cm³/mol. The summed E-state index contributed by atoms with van der Waals surface area (Å²) in [4.78, 5) is 13.7. The topological polar surface area (TPSA) is 38.7 Å². The molecular formula is C20H15N3. The second kappa shape index (κ2) is 4.85. The third-order valence-electron chi connectivity index (χ3n) is 4.58. The van der Waals surface area contributed by atoms with Crippen LogP contribution in [0.15, 0.2) is 61.1 Å². The monoisotopic (exact) mass is 297 g/mol. The van der Waals surface area contributed by atoms with E-state index >= 15 is 0 Å². The number of pyridine rings is 1. The molecule has 0 radical (unpaired) electrons. The summed E-state index contributed by atoms with van der Waals surface area (Å²) in [7, 11) is 0. The molecule has 5 rings (SSSR count). The molecule has 1 saturated carbocycles. The molecule has 4 aromatic rings. The molecule has 0 bridgehead atoms. The zero-order valence-electron chi connectivity index (χ0n) is 12.6. The fraction of sp³-hybridized carbons (Fsp3) is 0.150. The van der Waals surface area contributed by atoms with Crippen LogP contribution in [0, 0.1) is 0 Å². The quantitative estimate of drug-likeness (QED) is 0.537. The lowest BCUT2D eigenvalue weighted by Crippen LogP contribution is -1.94. The fourth-order valence-corrected chi connectivity index (χ4v) is 3.25. The van der Waals surface area contributed by atoms with Gasteiger partial charge in [-0.25, -0.2) is 9.97 Å². The molecule has 0 spiro atoms. The van der Waals surface area contributed by atoms with Crippen LogP contribution in [-0.2, 0) is 0 Å². The molecule has 3 heteroatoms. The molecule has 1 fully saturated rings. The van der Waals surface area contributed by atoms with Crippen molar-refractivity contribution >= 4 is 21.7 Å². The minimum Gasteiger partial charge on any atom is -0.255 e. The lowest BCUT2D eigenvalue weighted by Gasteiger charge is -2.08. The maximum absolute atomic E-state index is 4.72. The number of benzene rings is 2. The molecule has 0 atom stereocenters. The van der Waals surface area contributed by atoms with Crippen molar-refractivity contribution in [3.8, 4) is 11.3 Å². The normalized spacial score (nSPS) is 14.4. The lowest BCUT2D eigenvalue weighted by atomic mass is 10.0. The minimum absolute atomic E-state index is 0.603. The van der Waals surface area contributed by atoms with Gasteiger partial charge in [0, 0.05) is 23.1 Å². The minimum atomic E-state index is 0.603. The van der Waals surface area contributed by atoms with Crippen molar-refractivity contribution in [2.45, 2.75) is 18.8 Å². The van der Waals surface area contributed by atoms with Crippen LogP contribution >= 0.6 is 0 Å². The smallest absolute Gasteiger partial charge is 0.116 e. The average Bonchev–Trinajstić information content (AvgIpc) is 3.45. The van der Waals surface area contributed by atoms with Crippen LogP contribution in [0.5, 0.6) is 0 Å². The number of hydrogen-bond acceptors (Lipinski definition) is 3. The van der Waals surface area contributed by atoms with E-state index in [1.54, 1.807) is 6.33 Å². The molecule has 23 heavy (non-hydrogen) atoms. The van der Waals surface area contributed by atoms with Crippen molar-refractivity contribution in [3.05, 3.63) is 66.7 Å². The van der Waals surface area contributed by atoms with Crippen molar-refractivity contribution in [2.75, 3.05) is 0 Å². The highest BCUT2D eigenvalue weighted by Gasteiger charge is 2.27. The Morgan fingerprint density at radius 2 is 1.70 bits per heavy atom. The van der Waals surface area contributed by atoms with E-state index in [1.165, 1.54) is 23.6 Å². The van der Waals surface area contributed by atoms with Gasteiger partial charge >= 0.3 is 0 Å². The van der Waals surface area contributed by atoms with E-state index in [4.69, 9.17) is 4.98 Å². The summed E-state index contributed by atoms with van der Waals surface area (Å²) in [6.07, 6.45) is 6.09. The first-order chi connectivity index (χ1) is 11.4. The maximum Gasteiger partial charge on any atom is 0.116 e. The van der Waals surface area contributed by atoms with Gasteiger partial charge in [-0.1, -0.05) is 42.5 Å². The van der Waals surface area contributed by atoms with Crippen LogP contribution in [0.1, 0.15) is 24.5 Å². The van der Waals surface area contributed by atoms with E-state index in [0.717, 1.165) is 27.9 Å². The Labute approximate surface area is 134 Å². The van der Waals surface area contributed by atoms with Gasteiger partial charge in [-0.05, 0) is 29.7 Å². The molecule has 110 valence electrons. The van der Waals surface area contributed by atoms with Gasteiger partial charge < -0.3 is 0 Å². The van der Waals surface area contributed by atoms with Crippen LogP contribution in [-0.4, -0.2) is 15.0 Å². The third kappa shape index (κ3) is 2.08. The second-order valence-electron chi connectivity index (χ2n) is 6.15. The molecule has 1 aliphatic carbocycles. The largest absolute Gasteiger partial charge is 0.255 e. The van der Waals surface area contributed by atoms with Gasteiger partial charge in [0.25, 0.3) is 0 Å². The molecule has 0 N–H and O–H groups in total.